The van der Waals surface area contributed by atoms with Crippen LogP contribution in [0.25, 0.3) is 90.6 Å². The van der Waals surface area contributed by atoms with E-state index in [1.54, 1.807) is 0 Å². The lowest BCUT2D eigenvalue weighted by atomic mass is 9.67. The fraction of sp³-hybridized carbons (Fsp3) is 0.0164. The van der Waals surface area contributed by atoms with Crippen molar-refractivity contribution in [1.29, 1.82) is 0 Å². The Hall–Kier alpha value is -8.65. The van der Waals surface area contributed by atoms with E-state index >= 15 is 0 Å². The first-order valence-electron chi connectivity index (χ1n) is 22.7. The van der Waals surface area contributed by atoms with Crippen molar-refractivity contribution in [2.75, 3.05) is 0 Å². The maximum atomic E-state index is 5.22. The Morgan fingerprint density at radius 3 is 1.01 bits per heavy atom. The van der Waals surface area contributed by atoms with Gasteiger partial charge in [0.15, 0.2) is 34.9 Å². The second-order valence-corrected chi connectivity index (χ2v) is 18.1. The lowest BCUT2D eigenvalue weighted by Crippen LogP contribution is -2.31. The molecule has 11 aromatic rings. The van der Waals surface area contributed by atoms with E-state index in [2.05, 4.69) is 109 Å². The van der Waals surface area contributed by atoms with Crippen molar-refractivity contribution in [2.45, 2.75) is 15.2 Å². The fourth-order valence-corrected chi connectivity index (χ4v) is 11.2. The highest BCUT2D eigenvalue weighted by atomic mass is 32.2. The maximum absolute atomic E-state index is 5.22. The quantitative estimate of drug-likeness (QED) is 0.158. The summed E-state index contributed by atoms with van der Waals surface area (Å²) in [7, 11) is 0. The van der Waals surface area contributed by atoms with Crippen LogP contribution in [0.4, 0.5) is 0 Å². The molecule has 318 valence electrons. The van der Waals surface area contributed by atoms with Crippen LogP contribution in [0.1, 0.15) is 22.3 Å². The second kappa shape index (κ2) is 16.3. The van der Waals surface area contributed by atoms with Gasteiger partial charge >= 0.3 is 0 Å². The molecule has 0 radical (unpaired) electrons. The van der Waals surface area contributed by atoms with Crippen LogP contribution in [0.5, 0.6) is 0 Å². The molecule has 1 aliphatic heterocycles. The smallest absolute Gasteiger partial charge is 0.164 e. The van der Waals surface area contributed by atoms with Crippen LogP contribution >= 0.6 is 11.8 Å². The summed E-state index contributed by atoms with van der Waals surface area (Å²) in [5, 5.41) is 0. The number of rotatable bonds is 7. The molecule has 0 N–H and O–H groups in total. The predicted molar refractivity (Wildman–Crippen MR) is 273 cm³/mol. The topological polar surface area (TPSA) is 77.3 Å². The summed E-state index contributed by atoms with van der Waals surface area (Å²) < 4.78 is 0. The normalized spacial score (nSPS) is 12.8. The molecule has 3 heterocycles. The molecule has 7 heteroatoms. The zero-order valence-electron chi connectivity index (χ0n) is 36.5. The molecule has 0 atom stereocenters. The number of hydrogen-bond acceptors (Lipinski definition) is 7. The molecule has 1 spiro atoms. The van der Waals surface area contributed by atoms with Gasteiger partial charge in [0, 0.05) is 43.2 Å². The van der Waals surface area contributed by atoms with Gasteiger partial charge in [-0.1, -0.05) is 206 Å². The van der Waals surface area contributed by atoms with Crippen molar-refractivity contribution >= 4 is 11.8 Å². The van der Waals surface area contributed by atoms with Crippen molar-refractivity contribution in [3.8, 4) is 90.6 Å². The summed E-state index contributed by atoms with van der Waals surface area (Å²) in [4.78, 5) is 33.5. The highest BCUT2D eigenvalue weighted by Crippen LogP contribution is 2.62. The molecule has 0 amide bonds. The molecule has 0 unspecified atom stereocenters. The summed E-state index contributed by atoms with van der Waals surface area (Å²) in [5.41, 5.74) is 14.3. The molecule has 68 heavy (non-hydrogen) atoms. The molecular weight excluding hydrogens is 849 g/mol. The van der Waals surface area contributed by atoms with Gasteiger partial charge < -0.3 is 0 Å². The van der Waals surface area contributed by atoms with Crippen LogP contribution in [0, 0.1) is 0 Å². The van der Waals surface area contributed by atoms with Crippen LogP contribution in [-0.4, -0.2) is 29.9 Å². The van der Waals surface area contributed by atoms with Gasteiger partial charge in [-0.2, -0.15) is 0 Å². The van der Waals surface area contributed by atoms with Crippen molar-refractivity contribution < 1.29 is 0 Å². The molecule has 6 nitrogen and oxygen atoms in total. The van der Waals surface area contributed by atoms with Crippen LogP contribution in [-0.2, 0) is 5.41 Å². The Balaban J connectivity index is 1.08. The van der Waals surface area contributed by atoms with Crippen LogP contribution in [0.2, 0.25) is 0 Å². The van der Waals surface area contributed by atoms with Gasteiger partial charge in [-0.25, -0.2) is 29.9 Å². The van der Waals surface area contributed by atoms with Gasteiger partial charge in [0.25, 0.3) is 0 Å². The zero-order valence-corrected chi connectivity index (χ0v) is 37.3. The highest BCUT2D eigenvalue weighted by Gasteiger charge is 2.50. The van der Waals surface area contributed by atoms with E-state index in [0.717, 1.165) is 44.5 Å². The van der Waals surface area contributed by atoms with E-state index in [4.69, 9.17) is 29.9 Å². The molecule has 0 fully saturated rings. The Morgan fingerprint density at radius 1 is 0.235 bits per heavy atom. The molecule has 2 aliphatic rings. The van der Waals surface area contributed by atoms with Crippen molar-refractivity contribution in [3.63, 3.8) is 0 Å². The molecular formula is C61H38N6S. The third-order valence-electron chi connectivity index (χ3n) is 13.0. The van der Waals surface area contributed by atoms with Crippen LogP contribution in [0.15, 0.2) is 240 Å². The van der Waals surface area contributed by atoms with E-state index in [1.165, 1.54) is 43.2 Å². The molecule has 0 saturated carbocycles. The van der Waals surface area contributed by atoms with E-state index in [0.29, 0.717) is 34.9 Å². The number of aromatic nitrogens is 6. The van der Waals surface area contributed by atoms with Crippen LogP contribution < -0.4 is 0 Å². The van der Waals surface area contributed by atoms with Gasteiger partial charge in [-0.05, 0) is 80.9 Å². The summed E-state index contributed by atoms with van der Waals surface area (Å²) in [5.74, 6) is 3.43. The predicted octanol–water partition coefficient (Wildman–Crippen LogP) is 14.6. The molecule has 2 aromatic heterocycles. The van der Waals surface area contributed by atoms with Crippen molar-refractivity contribution in [3.05, 3.63) is 253 Å². The monoisotopic (exact) mass is 886 g/mol. The minimum Gasteiger partial charge on any atom is -0.208 e. The number of nitrogens with zero attached hydrogens (tertiary/aromatic N) is 6. The van der Waals surface area contributed by atoms with Gasteiger partial charge in [-0.15, -0.1) is 0 Å². The molecule has 13 rings (SSSR count). The lowest BCUT2D eigenvalue weighted by molar-refractivity contribution is 0.722. The average Bonchev–Trinajstić information content (AvgIpc) is 3.71. The van der Waals surface area contributed by atoms with Gasteiger partial charge in [-0.3, -0.25) is 0 Å². The fourth-order valence-electron chi connectivity index (χ4n) is 9.96. The SMILES string of the molecule is c1ccc(-c2nc(-c3ccccc3)nc(-c3cc(-c4ccc5c(c4)C4(c6ccccc6Sc6ccccc64)c4ccccc4-5)cc(-c4nc(-c5ccccc5)nc(-c5ccccc5)n4)c3)n2)cc1. The molecule has 1 aliphatic carbocycles. The lowest BCUT2D eigenvalue weighted by Gasteiger charge is -2.39. The third-order valence-corrected chi connectivity index (χ3v) is 14.2. The number of fused-ring (bicyclic) bond motifs is 9. The first-order chi connectivity index (χ1) is 33.7. The third kappa shape index (κ3) is 6.66. The molecule has 0 bridgehead atoms. The largest absolute Gasteiger partial charge is 0.208 e. The summed E-state index contributed by atoms with van der Waals surface area (Å²) in [6, 6.07) is 80.7. The second-order valence-electron chi connectivity index (χ2n) is 17.0. The Bertz CT molecular complexity index is 3410. The Labute approximate surface area is 398 Å². The minimum atomic E-state index is -0.534. The van der Waals surface area contributed by atoms with E-state index in [9.17, 15) is 0 Å². The van der Waals surface area contributed by atoms with Gasteiger partial charge in [0.05, 0.1) is 5.41 Å². The minimum absolute atomic E-state index is 0.534. The van der Waals surface area contributed by atoms with Gasteiger partial charge in [0.1, 0.15) is 0 Å². The first kappa shape index (κ1) is 39.7. The van der Waals surface area contributed by atoms with E-state index in [1.807, 2.05) is 133 Å². The maximum Gasteiger partial charge on any atom is 0.164 e. The Kier molecular flexibility index (Phi) is 9.54. The van der Waals surface area contributed by atoms with Gasteiger partial charge in [0.2, 0.25) is 0 Å². The summed E-state index contributed by atoms with van der Waals surface area (Å²) in [6.07, 6.45) is 0. The van der Waals surface area contributed by atoms with Crippen LogP contribution in [0.3, 0.4) is 0 Å². The van der Waals surface area contributed by atoms with E-state index < -0.39 is 5.41 Å². The van der Waals surface area contributed by atoms with Crippen molar-refractivity contribution in [1.82, 2.24) is 29.9 Å². The average molecular weight is 887 g/mol. The summed E-state index contributed by atoms with van der Waals surface area (Å²) in [6.45, 7) is 0. The molecule has 0 saturated heterocycles. The number of hydrogen-bond donors (Lipinski definition) is 0. The zero-order chi connectivity index (χ0) is 45.0. The first-order valence-corrected chi connectivity index (χ1v) is 23.5. The summed E-state index contributed by atoms with van der Waals surface area (Å²) >= 11 is 1.85. The number of benzene rings is 9. The standard InChI is InChI=1S/C61H38N6S/c1-5-19-39(20-6-1)55-62-56(40-21-7-2-8-22-40)65-59(64-55)45-35-44(36-46(37-45)60-66-57(41-23-9-3-10-24-41)63-58(67-60)42-25-11-4-12-26-42)43-33-34-48-47-27-13-14-28-49(47)61(52(48)38-43)50-29-15-17-31-53(50)68-54-32-18-16-30-51(54)61/h1-38H. The van der Waals surface area contributed by atoms with Crippen molar-refractivity contribution in [2.24, 2.45) is 0 Å². The highest BCUT2D eigenvalue weighted by molar-refractivity contribution is 7.99. The Morgan fingerprint density at radius 2 is 0.574 bits per heavy atom. The van der Waals surface area contributed by atoms with E-state index in [-0.39, 0.29) is 0 Å². The molecule has 9 aromatic carbocycles.